The van der Waals surface area contributed by atoms with E-state index >= 15 is 0 Å². The average molecular weight is 446 g/mol. The van der Waals surface area contributed by atoms with Crippen molar-refractivity contribution in [2.24, 2.45) is 0 Å². The summed E-state index contributed by atoms with van der Waals surface area (Å²) in [6.45, 7) is 0.484. The third-order valence-electron chi connectivity index (χ3n) is 4.32. The monoisotopic (exact) mass is 445 g/mol. The van der Waals surface area contributed by atoms with Gasteiger partial charge in [0, 0.05) is 11.6 Å². The largest absolute Gasteiger partial charge is 0.493 e. The van der Waals surface area contributed by atoms with Crippen molar-refractivity contribution in [3.05, 3.63) is 75.7 Å². The fourth-order valence-corrected chi connectivity index (χ4v) is 4.44. The molecule has 2 aromatic carbocycles. The Morgan fingerprint density at radius 2 is 1.86 bits per heavy atom. The molecule has 4 nitrogen and oxygen atoms in total. The standard InChI is InChI=1S/C22H20ClNO3S2/c1-26-18-9-8-16(13-19(18)27-2)10-11-24-21(25)20(29-22(24)28)14-17(23)12-15-6-4-3-5-7-15/h3-9,12-14H,10-11H2,1-2H3. The van der Waals surface area contributed by atoms with Gasteiger partial charge in [-0.25, -0.2) is 0 Å². The van der Waals surface area contributed by atoms with Crippen LogP contribution in [0.5, 0.6) is 11.5 Å². The Balaban J connectivity index is 1.68. The lowest BCUT2D eigenvalue weighted by molar-refractivity contribution is -0.122. The summed E-state index contributed by atoms with van der Waals surface area (Å²) in [4.78, 5) is 14.9. The zero-order valence-corrected chi connectivity index (χ0v) is 18.4. The highest BCUT2D eigenvalue weighted by molar-refractivity contribution is 8.26. The van der Waals surface area contributed by atoms with E-state index in [9.17, 15) is 4.79 Å². The second-order valence-corrected chi connectivity index (χ2v) is 8.32. The third-order valence-corrected chi connectivity index (χ3v) is 5.91. The zero-order chi connectivity index (χ0) is 20.8. The van der Waals surface area contributed by atoms with Crippen LogP contribution in [0, 0.1) is 0 Å². The number of benzene rings is 2. The van der Waals surface area contributed by atoms with Crippen molar-refractivity contribution >= 4 is 51.9 Å². The van der Waals surface area contributed by atoms with Gasteiger partial charge in [-0.1, -0.05) is 72.0 Å². The Labute approximate surface area is 185 Å². The van der Waals surface area contributed by atoms with E-state index in [1.807, 2.05) is 54.6 Å². The number of nitrogens with zero attached hydrogens (tertiary/aromatic N) is 1. The first kappa shape index (κ1) is 21.4. The second kappa shape index (κ2) is 9.96. The summed E-state index contributed by atoms with van der Waals surface area (Å²) in [6.07, 6.45) is 4.13. The van der Waals surface area contributed by atoms with E-state index in [2.05, 4.69) is 0 Å². The average Bonchev–Trinajstić information content (AvgIpc) is 2.99. The minimum Gasteiger partial charge on any atom is -0.493 e. The number of thioether (sulfide) groups is 1. The first-order chi connectivity index (χ1) is 14.0. The molecule has 1 heterocycles. The molecule has 1 aliphatic rings. The summed E-state index contributed by atoms with van der Waals surface area (Å²) in [5.41, 5.74) is 2.00. The summed E-state index contributed by atoms with van der Waals surface area (Å²) in [5, 5.41) is 0.483. The number of methoxy groups -OCH3 is 2. The van der Waals surface area contributed by atoms with Gasteiger partial charge in [0.05, 0.1) is 19.1 Å². The van der Waals surface area contributed by atoms with Gasteiger partial charge >= 0.3 is 0 Å². The molecular formula is C22H20ClNO3S2. The van der Waals surface area contributed by atoms with Crippen LogP contribution in [0.25, 0.3) is 6.08 Å². The first-order valence-corrected chi connectivity index (χ1v) is 10.5. The molecule has 0 bridgehead atoms. The van der Waals surface area contributed by atoms with Gasteiger partial charge in [-0.3, -0.25) is 9.69 Å². The highest BCUT2D eigenvalue weighted by Crippen LogP contribution is 2.33. The van der Waals surface area contributed by atoms with Crippen LogP contribution in [0.15, 0.2) is 64.5 Å². The molecule has 150 valence electrons. The molecule has 1 amide bonds. The third kappa shape index (κ3) is 5.41. The predicted octanol–water partition coefficient (Wildman–Crippen LogP) is 5.27. The number of hydrogen-bond acceptors (Lipinski definition) is 5. The lowest BCUT2D eigenvalue weighted by Gasteiger charge is -2.15. The van der Waals surface area contributed by atoms with Crippen molar-refractivity contribution in [3.8, 4) is 11.5 Å². The first-order valence-electron chi connectivity index (χ1n) is 8.90. The fraction of sp³-hybridized carbons (Fsp3) is 0.182. The number of rotatable bonds is 7. The molecule has 0 atom stereocenters. The van der Waals surface area contributed by atoms with Crippen molar-refractivity contribution in [2.45, 2.75) is 6.42 Å². The number of halogens is 1. The number of allylic oxidation sites excluding steroid dienone is 2. The molecule has 0 radical (unpaired) electrons. The quantitative estimate of drug-likeness (QED) is 0.428. The Hall–Kier alpha value is -2.28. The van der Waals surface area contributed by atoms with E-state index in [-0.39, 0.29) is 5.91 Å². The summed E-state index contributed by atoms with van der Waals surface area (Å²) in [7, 11) is 3.20. The van der Waals surface area contributed by atoms with Crippen LogP contribution in [0.3, 0.4) is 0 Å². The van der Waals surface area contributed by atoms with E-state index in [1.54, 1.807) is 25.2 Å². The molecule has 29 heavy (non-hydrogen) atoms. The molecular weight excluding hydrogens is 426 g/mol. The van der Waals surface area contributed by atoms with E-state index in [1.165, 1.54) is 11.8 Å². The SMILES string of the molecule is COc1ccc(CCN2C(=O)C(=CC(Cl)=Cc3ccccc3)SC2=S)cc1OC. The number of carbonyl (C=O) groups excluding carboxylic acids is 1. The van der Waals surface area contributed by atoms with Crippen LogP contribution in [-0.4, -0.2) is 35.9 Å². The van der Waals surface area contributed by atoms with Crippen LogP contribution >= 0.6 is 35.6 Å². The van der Waals surface area contributed by atoms with Gasteiger partial charge in [0.25, 0.3) is 5.91 Å². The summed E-state index contributed by atoms with van der Waals surface area (Å²) >= 11 is 13.0. The zero-order valence-electron chi connectivity index (χ0n) is 16.1. The van der Waals surface area contributed by atoms with Crippen molar-refractivity contribution in [2.75, 3.05) is 20.8 Å². The lowest BCUT2D eigenvalue weighted by atomic mass is 10.1. The van der Waals surface area contributed by atoms with Crippen molar-refractivity contribution in [3.63, 3.8) is 0 Å². The maximum Gasteiger partial charge on any atom is 0.266 e. The van der Waals surface area contributed by atoms with Gasteiger partial charge in [0.2, 0.25) is 0 Å². The highest BCUT2D eigenvalue weighted by Gasteiger charge is 2.31. The van der Waals surface area contributed by atoms with Crippen molar-refractivity contribution in [1.82, 2.24) is 4.90 Å². The molecule has 2 aromatic rings. The number of hydrogen-bond donors (Lipinski definition) is 0. The number of amides is 1. The maximum atomic E-state index is 12.8. The predicted molar refractivity (Wildman–Crippen MR) is 124 cm³/mol. The molecule has 0 aromatic heterocycles. The van der Waals surface area contributed by atoms with Crippen LogP contribution in [0.4, 0.5) is 0 Å². The highest BCUT2D eigenvalue weighted by atomic mass is 35.5. The molecule has 0 aliphatic carbocycles. The van der Waals surface area contributed by atoms with Crippen molar-refractivity contribution < 1.29 is 14.3 Å². The van der Waals surface area contributed by atoms with Gasteiger partial charge in [0.1, 0.15) is 4.32 Å². The van der Waals surface area contributed by atoms with Crippen LogP contribution < -0.4 is 9.47 Å². The van der Waals surface area contributed by atoms with Crippen LogP contribution in [0.1, 0.15) is 11.1 Å². The number of thiocarbonyl (C=S) groups is 1. The Morgan fingerprint density at radius 3 is 2.55 bits per heavy atom. The lowest BCUT2D eigenvalue weighted by Crippen LogP contribution is -2.30. The van der Waals surface area contributed by atoms with Crippen LogP contribution in [-0.2, 0) is 11.2 Å². The molecule has 1 fully saturated rings. The summed E-state index contributed by atoms with van der Waals surface area (Å²) in [5.74, 6) is 1.21. The van der Waals surface area contributed by atoms with Crippen molar-refractivity contribution in [1.29, 1.82) is 0 Å². The molecule has 0 spiro atoms. The van der Waals surface area contributed by atoms with Gasteiger partial charge in [-0.05, 0) is 41.8 Å². The molecule has 0 saturated carbocycles. The Morgan fingerprint density at radius 1 is 1.14 bits per heavy atom. The summed E-state index contributed by atoms with van der Waals surface area (Å²) < 4.78 is 11.1. The van der Waals surface area contributed by atoms with E-state index in [4.69, 9.17) is 33.3 Å². The van der Waals surface area contributed by atoms with Gasteiger partial charge in [0.15, 0.2) is 11.5 Å². The summed E-state index contributed by atoms with van der Waals surface area (Å²) in [6, 6.07) is 15.4. The molecule has 7 heteroatoms. The van der Waals surface area contributed by atoms with Crippen LogP contribution in [0.2, 0.25) is 0 Å². The number of ether oxygens (including phenoxy) is 2. The number of carbonyl (C=O) groups is 1. The second-order valence-electron chi connectivity index (χ2n) is 6.21. The molecule has 1 saturated heterocycles. The van der Waals surface area contributed by atoms with Gasteiger partial charge in [-0.2, -0.15) is 0 Å². The minimum absolute atomic E-state index is 0.125. The smallest absolute Gasteiger partial charge is 0.266 e. The molecule has 0 N–H and O–H groups in total. The molecule has 1 aliphatic heterocycles. The van der Waals surface area contributed by atoms with E-state index in [0.717, 1.165) is 11.1 Å². The Bertz CT molecular complexity index is 973. The normalized spacial score (nSPS) is 15.9. The van der Waals surface area contributed by atoms with Gasteiger partial charge in [-0.15, -0.1) is 0 Å². The topological polar surface area (TPSA) is 38.8 Å². The van der Waals surface area contributed by atoms with Gasteiger partial charge < -0.3 is 9.47 Å². The van der Waals surface area contributed by atoms with E-state index in [0.29, 0.717) is 38.7 Å². The minimum atomic E-state index is -0.125. The molecule has 0 unspecified atom stereocenters. The molecule has 3 rings (SSSR count). The fourth-order valence-electron chi connectivity index (χ4n) is 2.85. The van der Waals surface area contributed by atoms with E-state index < -0.39 is 0 Å². The maximum absolute atomic E-state index is 12.8. The Kier molecular flexibility index (Phi) is 7.36.